The van der Waals surface area contributed by atoms with Crippen LogP contribution in [0.1, 0.15) is 30.1 Å². The lowest BCUT2D eigenvalue weighted by molar-refractivity contribution is -0.167. The van der Waals surface area contributed by atoms with E-state index in [0.29, 0.717) is 4.90 Å². The van der Waals surface area contributed by atoms with Crippen molar-refractivity contribution < 1.29 is 23.9 Å². The number of piperidine rings is 1. The van der Waals surface area contributed by atoms with Crippen molar-refractivity contribution in [2.45, 2.75) is 19.8 Å². The van der Waals surface area contributed by atoms with Crippen LogP contribution >= 0.6 is 0 Å². The third kappa shape index (κ3) is 3.06. The lowest BCUT2D eigenvalue weighted by Crippen LogP contribution is -2.56. The summed E-state index contributed by atoms with van der Waals surface area (Å²) in [6.07, 6.45) is 1.32. The van der Waals surface area contributed by atoms with Crippen LogP contribution in [0.4, 0.5) is 0 Å². The second kappa shape index (κ2) is 6.56. The van der Waals surface area contributed by atoms with Gasteiger partial charge in [0.05, 0.1) is 0 Å². The first kappa shape index (κ1) is 16.6. The van der Waals surface area contributed by atoms with E-state index in [9.17, 15) is 19.2 Å². The molecule has 1 atom stereocenters. The molecule has 0 radical (unpaired) electrons. The number of imide groups is 3. The van der Waals surface area contributed by atoms with Gasteiger partial charge in [-0.1, -0.05) is 30.9 Å². The van der Waals surface area contributed by atoms with Crippen LogP contribution in [-0.2, 0) is 19.1 Å². The van der Waals surface area contributed by atoms with E-state index in [-0.39, 0.29) is 25.0 Å². The van der Waals surface area contributed by atoms with Gasteiger partial charge in [-0.3, -0.25) is 19.2 Å². The summed E-state index contributed by atoms with van der Waals surface area (Å²) < 4.78 is 4.95. The van der Waals surface area contributed by atoms with Gasteiger partial charge in [-0.05, 0) is 25.5 Å². The lowest BCUT2D eigenvalue weighted by Gasteiger charge is -2.34. The zero-order chi connectivity index (χ0) is 17.0. The molecule has 1 saturated heterocycles. The van der Waals surface area contributed by atoms with Gasteiger partial charge >= 0.3 is 5.97 Å². The van der Waals surface area contributed by atoms with E-state index < -0.39 is 29.1 Å². The molecule has 0 saturated carbocycles. The maximum absolute atomic E-state index is 12.6. The number of amides is 3. The number of esters is 1. The molecule has 0 spiro atoms. The smallest absolute Gasteiger partial charge is 0.321 e. The molecule has 0 bridgehead atoms. The molecule has 2 rings (SSSR count). The summed E-state index contributed by atoms with van der Waals surface area (Å²) in [6.45, 7) is 4.78. The molecule has 1 unspecified atom stereocenters. The molecule has 1 fully saturated rings. The highest BCUT2D eigenvalue weighted by molar-refractivity contribution is 6.22. The molecule has 0 aromatic heterocycles. The van der Waals surface area contributed by atoms with Crippen molar-refractivity contribution in [2.24, 2.45) is 5.41 Å². The summed E-state index contributed by atoms with van der Waals surface area (Å²) in [5.41, 5.74) is -1.35. The van der Waals surface area contributed by atoms with Gasteiger partial charge in [-0.2, -0.15) is 0 Å². The Morgan fingerprint density at radius 2 is 1.96 bits per heavy atom. The molecular weight excluding hydrogens is 298 g/mol. The van der Waals surface area contributed by atoms with Crippen molar-refractivity contribution in [1.82, 2.24) is 4.90 Å². The highest BCUT2D eigenvalue weighted by Gasteiger charge is 2.52. The minimum absolute atomic E-state index is 0.0131. The van der Waals surface area contributed by atoms with Gasteiger partial charge in [0.2, 0.25) is 5.91 Å². The Labute approximate surface area is 133 Å². The number of hydrogen-bond donors (Lipinski definition) is 0. The Morgan fingerprint density at radius 3 is 2.57 bits per heavy atom. The SMILES string of the molecule is C=CCOC(=O)C1(C)CCC(=O)N(C(=O)c2ccccc2)C1=O. The Morgan fingerprint density at radius 1 is 1.30 bits per heavy atom. The van der Waals surface area contributed by atoms with Crippen molar-refractivity contribution >= 4 is 23.7 Å². The van der Waals surface area contributed by atoms with E-state index in [0.717, 1.165) is 0 Å². The number of nitrogens with zero attached hydrogens (tertiary/aromatic N) is 1. The second-order valence-electron chi connectivity index (χ2n) is 5.42. The van der Waals surface area contributed by atoms with E-state index in [1.165, 1.54) is 25.1 Å². The normalized spacial score (nSPS) is 21.0. The Balaban J connectivity index is 2.31. The first-order valence-corrected chi connectivity index (χ1v) is 7.16. The molecule has 1 aliphatic heterocycles. The predicted octanol–water partition coefficient (Wildman–Crippen LogP) is 1.71. The summed E-state index contributed by atoms with van der Waals surface area (Å²) in [5, 5.41) is 0. The predicted molar refractivity (Wildman–Crippen MR) is 81.1 cm³/mol. The first-order valence-electron chi connectivity index (χ1n) is 7.16. The van der Waals surface area contributed by atoms with Gasteiger partial charge in [-0.25, -0.2) is 4.90 Å². The molecule has 120 valence electrons. The van der Waals surface area contributed by atoms with Crippen LogP contribution in [0.2, 0.25) is 0 Å². The third-order valence-corrected chi connectivity index (χ3v) is 3.77. The van der Waals surface area contributed by atoms with E-state index in [4.69, 9.17) is 4.74 Å². The number of hydrogen-bond acceptors (Lipinski definition) is 5. The maximum atomic E-state index is 12.6. The second-order valence-corrected chi connectivity index (χ2v) is 5.42. The standard InChI is InChI=1S/C17H17NO5/c1-3-11-23-16(22)17(2)10-9-13(19)18(15(17)21)14(20)12-7-5-4-6-8-12/h3-8H,1,9-11H2,2H3. The average Bonchev–Trinajstić information content (AvgIpc) is 2.57. The molecule has 6 heteroatoms. The van der Waals surface area contributed by atoms with Crippen LogP contribution in [0.5, 0.6) is 0 Å². The minimum atomic E-state index is -1.55. The fourth-order valence-electron chi connectivity index (χ4n) is 2.33. The number of carbonyl (C=O) groups excluding carboxylic acids is 4. The Hall–Kier alpha value is -2.76. The van der Waals surface area contributed by atoms with Gasteiger partial charge in [0.15, 0.2) is 0 Å². The summed E-state index contributed by atoms with van der Waals surface area (Å²) in [6, 6.07) is 7.98. The molecule has 1 heterocycles. The van der Waals surface area contributed by atoms with Crippen molar-refractivity contribution in [3.05, 3.63) is 48.6 Å². The van der Waals surface area contributed by atoms with Crippen LogP contribution in [0.15, 0.2) is 43.0 Å². The van der Waals surface area contributed by atoms with Gasteiger partial charge in [-0.15, -0.1) is 0 Å². The van der Waals surface area contributed by atoms with Gasteiger partial charge in [0, 0.05) is 12.0 Å². The highest BCUT2D eigenvalue weighted by Crippen LogP contribution is 2.33. The fourth-order valence-corrected chi connectivity index (χ4v) is 2.33. The van der Waals surface area contributed by atoms with E-state index in [1.54, 1.807) is 18.2 Å². The van der Waals surface area contributed by atoms with E-state index in [2.05, 4.69) is 6.58 Å². The number of likely N-dealkylation sites (tertiary alicyclic amines) is 1. The molecular formula is C17H17NO5. The average molecular weight is 315 g/mol. The Bertz CT molecular complexity index is 667. The molecule has 3 amide bonds. The summed E-state index contributed by atoms with van der Waals surface area (Å²) >= 11 is 0. The summed E-state index contributed by atoms with van der Waals surface area (Å²) in [4.78, 5) is 49.9. The third-order valence-electron chi connectivity index (χ3n) is 3.77. The Kier molecular flexibility index (Phi) is 4.74. The number of ether oxygens (including phenoxy) is 1. The van der Waals surface area contributed by atoms with Gasteiger partial charge in [0.1, 0.15) is 12.0 Å². The number of carbonyl (C=O) groups is 4. The molecule has 1 aromatic rings. The van der Waals surface area contributed by atoms with Crippen LogP contribution in [0.25, 0.3) is 0 Å². The van der Waals surface area contributed by atoms with Crippen molar-refractivity contribution in [1.29, 1.82) is 0 Å². The molecule has 0 aliphatic carbocycles. The van der Waals surface area contributed by atoms with Crippen LogP contribution in [0.3, 0.4) is 0 Å². The molecule has 23 heavy (non-hydrogen) atoms. The van der Waals surface area contributed by atoms with Crippen molar-refractivity contribution in [3.63, 3.8) is 0 Å². The monoisotopic (exact) mass is 315 g/mol. The lowest BCUT2D eigenvalue weighted by atomic mass is 9.80. The van der Waals surface area contributed by atoms with Crippen LogP contribution < -0.4 is 0 Å². The van der Waals surface area contributed by atoms with Gasteiger partial charge in [0.25, 0.3) is 11.8 Å². The zero-order valence-corrected chi connectivity index (χ0v) is 12.8. The number of rotatable bonds is 4. The maximum Gasteiger partial charge on any atom is 0.321 e. The van der Waals surface area contributed by atoms with Crippen LogP contribution in [0, 0.1) is 5.41 Å². The van der Waals surface area contributed by atoms with Crippen molar-refractivity contribution in [2.75, 3.05) is 6.61 Å². The molecule has 1 aliphatic rings. The molecule has 0 N–H and O–H groups in total. The molecule has 1 aromatic carbocycles. The zero-order valence-electron chi connectivity index (χ0n) is 12.8. The van der Waals surface area contributed by atoms with Crippen LogP contribution in [-0.4, -0.2) is 35.2 Å². The first-order chi connectivity index (χ1) is 10.9. The largest absolute Gasteiger partial charge is 0.461 e. The van der Waals surface area contributed by atoms with E-state index >= 15 is 0 Å². The quantitative estimate of drug-likeness (QED) is 0.366. The van der Waals surface area contributed by atoms with Gasteiger partial charge < -0.3 is 4.74 Å². The minimum Gasteiger partial charge on any atom is -0.461 e. The van der Waals surface area contributed by atoms with Crippen molar-refractivity contribution in [3.8, 4) is 0 Å². The fraction of sp³-hybridized carbons (Fsp3) is 0.294. The summed E-state index contributed by atoms with van der Waals surface area (Å²) in [7, 11) is 0. The molecule has 6 nitrogen and oxygen atoms in total. The topological polar surface area (TPSA) is 80.8 Å². The highest BCUT2D eigenvalue weighted by atomic mass is 16.5. The number of benzene rings is 1. The van der Waals surface area contributed by atoms with E-state index in [1.807, 2.05) is 0 Å². The summed E-state index contributed by atoms with van der Waals surface area (Å²) in [5.74, 6) is -2.96.